The maximum Gasteiger partial charge on any atom is 0.226 e. The summed E-state index contributed by atoms with van der Waals surface area (Å²) in [4.78, 5) is 29.0. The predicted octanol–water partition coefficient (Wildman–Crippen LogP) is 1.48. The molecule has 4 fully saturated rings. The number of carbonyl (C=O) groups is 2. The van der Waals surface area contributed by atoms with E-state index in [1.165, 1.54) is 32.1 Å². The fraction of sp³-hybridized carbons (Fsp3) is 0.895. The van der Waals surface area contributed by atoms with E-state index >= 15 is 0 Å². The molecule has 4 aliphatic rings. The Bertz CT molecular complexity index is 471. The molecule has 0 aromatic carbocycles. The molecule has 0 radical (unpaired) electrons. The Balaban J connectivity index is 1.18. The molecule has 0 spiro atoms. The van der Waals surface area contributed by atoms with Crippen LogP contribution >= 0.6 is 0 Å². The number of amides is 2. The van der Waals surface area contributed by atoms with Crippen LogP contribution in [0.4, 0.5) is 0 Å². The van der Waals surface area contributed by atoms with Gasteiger partial charge in [-0.25, -0.2) is 0 Å². The van der Waals surface area contributed by atoms with Gasteiger partial charge in [0, 0.05) is 38.5 Å². The zero-order valence-electron chi connectivity index (χ0n) is 14.7. The molecule has 0 aromatic heterocycles. The van der Waals surface area contributed by atoms with Crippen LogP contribution in [0.2, 0.25) is 0 Å². The molecule has 0 bridgehead atoms. The molecular weight excluding hydrogens is 302 g/mol. The van der Waals surface area contributed by atoms with Crippen LogP contribution in [0.5, 0.6) is 0 Å². The van der Waals surface area contributed by atoms with E-state index in [0.29, 0.717) is 30.1 Å². The molecule has 4 rings (SSSR count). The standard InChI is InChI=1S/C19H31N3O2/c23-17(7-6-14-4-2-1-3-5-14)21-8-10-22(11-9-21)19(24)18-15-12-20-13-16(15)18/h14-16,18,20H,1-13H2/t15-,16+,18?. The molecule has 5 heteroatoms. The van der Waals surface area contributed by atoms with Crippen molar-refractivity contribution >= 4 is 11.8 Å². The second kappa shape index (κ2) is 7.03. The predicted molar refractivity (Wildman–Crippen MR) is 92.3 cm³/mol. The van der Waals surface area contributed by atoms with Gasteiger partial charge in [0.2, 0.25) is 11.8 Å². The fourth-order valence-electron chi connectivity index (χ4n) is 5.13. The van der Waals surface area contributed by atoms with Crippen LogP contribution in [0.15, 0.2) is 0 Å². The van der Waals surface area contributed by atoms with Crippen LogP contribution < -0.4 is 5.32 Å². The Morgan fingerprint density at radius 3 is 2.17 bits per heavy atom. The molecule has 1 unspecified atom stereocenters. The number of piperazine rings is 1. The van der Waals surface area contributed by atoms with Gasteiger partial charge in [-0.1, -0.05) is 32.1 Å². The van der Waals surface area contributed by atoms with Gasteiger partial charge in [0.25, 0.3) is 0 Å². The molecular formula is C19H31N3O2. The Hall–Kier alpha value is -1.10. The number of rotatable bonds is 4. The van der Waals surface area contributed by atoms with Gasteiger partial charge in [0.05, 0.1) is 0 Å². The zero-order chi connectivity index (χ0) is 16.5. The average molecular weight is 333 g/mol. The number of hydrogen-bond acceptors (Lipinski definition) is 3. The molecule has 2 aliphatic heterocycles. The van der Waals surface area contributed by atoms with Crippen molar-refractivity contribution in [2.75, 3.05) is 39.3 Å². The first kappa shape index (κ1) is 16.4. The summed E-state index contributed by atoms with van der Waals surface area (Å²) >= 11 is 0. The maximum absolute atomic E-state index is 12.6. The molecule has 24 heavy (non-hydrogen) atoms. The summed E-state index contributed by atoms with van der Waals surface area (Å²) in [6.07, 6.45) is 8.46. The van der Waals surface area contributed by atoms with Crippen molar-refractivity contribution < 1.29 is 9.59 Å². The molecule has 2 heterocycles. The summed E-state index contributed by atoms with van der Waals surface area (Å²) in [7, 11) is 0. The molecule has 3 atom stereocenters. The smallest absolute Gasteiger partial charge is 0.226 e. The molecule has 0 aromatic rings. The molecule has 134 valence electrons. The fourth-order valence-corrected chi connectivity index (χ4v) is 5.13. The Morgan fingerprint density at radius 2 is 1.50 bits per heavy atom. The topological polar surface area (TPSA) is 52.7 Å². The Kier molecular flexibility index (Phi) is 4.79. The first-order valence-corrected chi connectivity index (χ1v) is 10.0. The first-order chi connectivity index (χ1) is 11.7. The van der Waals surface area contributed by atoms with E-state index in [-0.39, 0.29) is 5.92 Å². The molecule has 2 amide bonds. The highest BCUT2D eigenvalue weighted by Gasteiger charge is 2.57. The minimum Gasteiger partial charge on any atom is -0.339 e. The van der Waals surface area contributed by atoms with Gasteiger partial charge < -0.3 is 15.1 Å². The molecule has 5 nitrogen and oxygen atoms in total. The van der Waals surface area contributed by atoms with Crippen LogP contribution in [0.3, 0.4) is 0 Å². The third-order valence-electron chi connectivity index (χ3n) is 6.81. The van der Waals surface area contributed by atoms with Crippen molar-refractivity contribution in [2.45, 2.75) is 44.9 Å². The van der Waals surface area contributed by atoms with Crippen molar-refractivity contribution in [1.82, 2.24) is 15.1 Å². The highest BCUT2D eigenvalue weighted by atomic mass is 16.2. The van der Waals surface area contributed by atoms with E-state index in [0.717, 1.165) is 51.6 Å². The van der Waals surface area contributed by atoms with Crippen LogP contribution in [-0.2, 0) is 9.59 Å². The van der Waals surface area contributed by atoms with Gasteiger partial charge in [-0.15, -0.1) is 0 Å². The normalized spacial score (nSPS) is 33.4. The van der Waals surface area contributed by atoms with Gasteiger partial charge in [-0.3, -0.25) is 9.59 Å². The summed E-state index contributed by atoms with van der Waals surface area (Å²) in [6.45, 7) is 4.96. The van der Waals surface area contributed by atoms with Crippen LogP contribution in [0.25, 0.3) is 0 Å². The van der Waals surface area contributed by atoms with Gasteiger partial charge >= 0.3 is 0 Å². The second-order valence-electron chi connectivity index (χ2n) is 8.26. The highest BCUT2D eigenvalue weighted by Crippen LogP contribution is 2.49. The van der Waals surface area contributed by atoms with E-state index in [4.69, 9.17) is 0 Å². The Labute approximate surface area is 145 Å². The van der Waals surface area contributed by atoms with E-state index in [1.54, 1.807) is 0 Å². The van der Waals surface area contributed by atoms with E-state index in [9.17, 15) is 9.59 Å². The molecule has 1 N–H and O–H groups in total. The van der Waals surface area contributed by atoms with Gasteiger partial charge in [-0.2, -0.15) is 0 Å². The number of fused-ring (bicyclic) bond motifs is 1. The van der Waals surface area contributed by atoms with Crippen molar-refractivity contribution in [1.29, 1.82) is 0 Å². The summed E-state index contributed by atoms with van der Waals surface area (Å²) in [6, 6.07) is 0. The second-order valence-corrected chi connectivity index (χ2v) is 8.26. The van der Waals surface area contributed by atoms with Crippen molar-refractivity contribution in [3.63, 3.8) is 0 Å². The number of nitrogens with zero attached hydrogens (tertiary/aromatic N) is 2. The van der Waals surface area contributed by atoms with E-state index in [2.05, 4.69) is 5.32 Å². The lowest BCUT2D eigenvalue weighted by atomic mass is 9.86. The molecule has 2 aliphatic carbocycles. The van der Waals surface area contributed by atoms with Crippen LogP contribution in [0, 0.1) is 23.7 Å². The zero-order valence-corrected chi connectivity index (χ0v) is 14.7. The SMILES string of the molecule is O=C(CCC1CCCCC1)N1CCN(C(=O)C2[C@H]3CNC[C@@H]23)CC1. The number of hydrogen-bond donors (Lipinski definition) is 1. The number of carbonyl (C=O) groups excluding carboxylic acids is 2. The largest absolute Gasteiger partial charge is 0.339 e. The third kappa shape index (κ3) is 3.32. The molecule has 2 saturated heterocycles. The minimum absolute atomic E-state index is 0.278. The van der Waals surface area contributed by atoms with E-state index in [1.807, 2.05) is 9.80 Å². The van der Waals surface area contributed by atoms with Crippen molar-refractivity contribution in [3.8, 4) is 0 Å². The van der Waals surface area contributed by atoms with Crippen LogP contribution in [0.1, 0.15) is 44.9 Å². The average Bonchev–Trinajstić information content (AvgIpc) is 3.11. The van der Waals surface area contributed by atoms with Gasteiger partial charge in [-0.05, 0) is 37.3 Å². The Morgan fingerprint density at radius 1 is 0.875 bits per heavy atom. The lowest BCUT2D eigenvalue weighted by Crippen LogP contribution is -2.51. The lowest BCUT2D eigenvalue weighted by Gasteiger charge is -2.35. The summed E-state index contributed by atoms with van der Waals surface area (Å²) in [5, 5.41) is 3.35. The minimum atomic E-state index is 0.278. The molecule has 2 saturated carbocycles. The lowest BCUT2D eigenvalue weighted by molar-refractivity contribution is -0.141. The highest BCUT2D eigenvalue weighted by molar-refractivity contribution is 5.83. The number of piperidine rings is 1. The maximum atomic E-state index is 12.6. The number of nitrogens with one attached hydrogen (secondary N) is 1. The van der Waals surface area contributed by atoms with Crippen molar-refractivity contribution in [3.05, 3.63) is 0 Å². The summed E-state index contributed by atoms with van der Waals surface area (Å²) < 4.78 is 0. The summed E-state index contributed by atoms with van der Waals surface area (Å²) in [5.74, 6) is 2.88. The van der Waals surface area contributed by atoms with Crippen LogP contribution in [-0.4, -0.2) is 60.9 Å². The third-order valence-corrected chi connectivity index (χ3v) is 6.81. The van der Waals surface area contributed by atoms with Gasteiger partial charge in [0.15, 0.2) is 0 Å². The summed E-state index contributed by atoms with van der Waals surface area (Å²) in [5.41, 5.74) is 0. The van der Waals surface area contributed by atoms with Gasteiger partial charge in [0.1, 0.15) is 0 Å². The first-order valence-electron chi connectivity index (χ1n) is 10.0. The van der Waals surface area contributed by atoms with E-state index < -0.39 is 0 Å². The monoisotopic (exact) mass is 333 g/mol. The quantitative estimate of drug-likeness (QED) is 0.848. The van der Waals surface area contributed by atoms with Crippen molar-refractivity contribution in [2.24, 2.45) is 23.7 Å².